The molecule has 0 spiro atoms. The molecule has 1 saturated heterocycles. The number of hydrogen-bond donors (Lipinski definition) is 2. The lowest BCUT2D eigenvalue weighted by Crippen LogP contribution is -2.33. The molecule has 1 aliphatic heterocycles. The van der Waals surface area contributed by atoms with E-state index in [4.69, 9.17) is 0 Å². The van der Waals surface area contributed by atoms with Crippen molar-refractivity contribution in [1.29, 1.82) is 0 Å². The average Bonchev–Trinajstić information content (AvgIpc) is 3.00. The first-order valence-electron chi connectivity index (χ1n) is 8.25. The van der Waals surface area contributed by atoms with E-state index >= 15 is 0 Å². The van der Waals surface area contributed by atoms with Crippen LogP contribution >= 0.6 is 0 Å². The highest BCUT2D eigenvalue weighted by molar-refractivity contribution is 5.91. The predicted octanol–water partition coefficient (Wildman–Crippen LogP) is 2.19. The van der Waals surface area contributed by atoms with Crippen molar-refractivity contribution >= 4 is 12.0 Å². The van der Waals surface area contributed by atoms with Crippen molar-refractivity contribution in [3.8, 4) is 0 Å². The van der Waals surface area contributed by atoms with Crippen LogP contribution in [0.25, 0.3) is 6.08 Å². The molecular weight excluding hydrogens is 295 g/mol. The Labute approximate surface area is 137 Å². The van der Waals surface area contributed by atoms with E-state index in [1.807, 2.05) is 0 Å². The van der Waals surface area contributed by atoms with Crippen LogP contribution in [0.15, 0.2) is 30.3 Å². The number of carbonyl (C=O) groups excluding carboxylic acids is 1. The molecule has 0 bridgehead atoms. The Bertz CT molecular complexity index is 534. The van der Waals surface area contributed by atoms with Gasteiger partial charge in [0.2, 0.25) is 5.91 Å². The molecule has 1 unspecified atom stereocenters. The second-order valence-electron chi connectivity index (χ2n) is 5.90. The van der Waals surface area contributed by atoms with E-state index in [-0.39, 0.29) is 18.3 Å². The monoisotopic (exact) mass is 320 g/mol. The van der Waals surface area contributed by atoms with Gasteiger partial charge in [0.25, 0.3) is 0 Å². The van der Waals surface area contributed by atoms with Crippen LogP contribution < -0.4 is 5.32 Å². The van der Waals surface area contributed by atoms with E-state index in [0.717, 1.165) is 38.8 Å². The molecule has 4 nitrogen and oxygen atoms in total. The van der Waals surface area contributed by atoms with E-state index in [1.54, 1.807) is 18.2 Å². The van der Waals surface area contributed by atoms with Crippen molar-refractivity contribution in [2.75, 3.05) is 26.2 Å². The van der Waals surface area contributed by atoms with Crippen molar-refractivity contribution in [3.05, 3.63) is 41.7 Å². The third kappa shape index (κ3) is 6.12. The highest BCUT2D eigenvalue weighted by Crippen LogP contribution is 2.16. The second kappa shape index (κ2) is 9.43. The fourth-order valence-electron chi connectivity index (χ4n) is 2.89. The predicted molar refractivity (Wildman–Crippen MR) is 89.4 cm³/mol. The maximum absolute atomic E-state index is 13.0. The minimum absolute atomic E-state index is 0.163. The van der Waals surface area contributed by atoms with Gasteiger partial charge < -0.3 is 10.4 Å². The zero-order valence-electron chi connectivity index (χ0n) is 13.4. The van der Waals surface area contributed by atoms with Gasteiger partial charge >= 0.3 is 0 Å². The van der Waals surface area contributed by atoms with E-state index in [9.17, 15) is 14.3 Å². The average molecular weight is 320 g/mol. The fourth-order valence-corrected chi connectivity index (χ4v) is 2.89. The van der Waals surface area contributed by atoms with Gasteiger partial charge in [0.05, 0.1) is 6.61 Å². The highest BCUT2D eigenvalue weighted by atomic mass is 19.1. The van der Waals surface area contributed by atoms with Crippen molar-refractivity contribution in [3.63, 3.8) is 0 Å². The number of aliphatic hydroxyl groups is 1. The molecule has 1 aliphatic rings. The summed E-state index contributed by atoms with van der Waals surface area (Å²) in [5.74, 6) is -0.473. The number of unbranched alkanes of at least 4 members (excludes halogenated alkanes) is 1. The zero-order chi connectivity index (χ0) is 16.5. The summed E-state index contributed by atoms with van der Waals surface area (Å²) in [6, 6.07) is 6.45. The molecule has 0 saturated carbocycles. The summed E-state index contributed by atoms with van der Waals surface area (Å²) in [6.07, 6.45) is 7.19. The summed E-state index contributed by atoms with van der Waals surface area (Å²) in [5, 5.41) is 12.1. The van der Waals surface area contributed by atoms with Gasteiger partial charge in [0, 0.05) is 18.7 Å². The number of likely N-dealkylation sites (tertiary alicyclic amines) is 1. The van der Waals surface area contributed by atoms with E-state index in [0.29, 0.717) is 18.2 Å². The molecule has 1 amide bonds. The van der Waals surface area contributed by atoms with Gasteiger partial charge in [-0.1, -0.05) is 12.1 Å². The van der Waals surface area contributed by atoms with Crippen LogP contribution in [0.2, 0.25) is 0 Å². The standard InChI is InChI=1S/C18H25FN2O2/c19-16-6-3-5-15(13-16)8-9-18(23)20-10-1-2-11-21-12-4-7-17(21)14-22/h3,5-6,8-9,13,17,22H,1-2,4,7,10-12,14H2,(H,20,23)/b9-8+. The number of rotatable bonds is 8. The van der Waals surface area contributed by atoms with Crippen molar-refractivity contribution in [2.45, 2.75) is 31.7 Å². The van der Waals surface area contributed by atoms with Crippen molar-refractivity contribution < 1.29 is 14.3 Å². The maximum atomic E-state index is 13.0. The summed E-state index contributed by atoms with van der Waals surface area (Å²) < 4.78 is 13.0. The van der Waals surface area contributed by atoms with Crippen molar-refractivity contribution in [1.82, 2.24) is 10.2 Å². The summed E-state index contributed by atoms with van der Waals surface area (Å²) in [6.45, 7) is 2.90. The topological polar surface area (TPSA) is 52.6 Å². The molecule has 0 aromatic heterocycles. The van der Waals surface area contributed by atoms with E-state index in [1.165, 1.54) is 18.2 Å². The summed E-state index contributed by atoms with van der Waals surface area (Å²) in [7, 11) is 0. The number of nitrogens with one attached hydrogen (secondary N) is 1. The smallest absolute Gasteiger partial charge is 0.243 e. The van der Waals surface area contributed by atoms with Gasteiger partial charge in [-0.2, -0.15) is 0 Å². The summed E-state index contributed by atoms with van der Waals surface area (Å²) in [5.41, 5.74) is 0.671. The lowest BCUT2D eigenvalue weighted by molar-refractivity contribution is -0.116. The minimum atomic E-state index is -0.310. The van der Waals surface area contributed by atoms with Crippen LogP contribution in [0.1, 0.15) is 31.2 Å². The maximum Gasteiger partial charge on any atom is 0.243 e. The number of hydrogen-bond acceptors (Lipinski definition) is 3. The lowest BCUT2D eigenvalue weighted by atomic mass is 10.2. The molecule has 1 aromatic rings. The van der Waals surface area contributed by atoms with E-state index < -0.39 is 0 Å². The molecule has 1 atom stereocenters. The lowest BCUT2D eigenvalue weighted by Gasteiger charge is -2.22. The SMILES string of the molecule is O=C(/C=C/c1cccc(F)c1)NCCCCN1CCCC1CO. The molecule has 0 radical (unpaired) electrons. The number of aliphatic hydroxyl groups excluding tert-OH is 1. The largest absolute Gasteiger partial charge is 0.395 e. The second-order valence-corrected chi connectivity index (χ2v) is 5.90. The van der Waals surface area contributed by atoms with Crippen LogP contribution in [0.5, 0.6) is 0 Å². The van der Waals surface area contributed by atoms with Crippen molar-refractivity contribution in [2.24, 2.45) is 0 Å². The third-order valence-electron chi connectivity index (χ3n) is 4.16. The molecule has 2 rings (SSSR count). The van der Waals surface area contributed by atoms with Crippen LogP contribution in [0.3, 0.4) is 0 Å². The Kier molecular flexibility index (Phi) is 7.23. The fraction of sp³-hybridized carbons (Fsp3) is 0.500. The number of halogens is 1. The molecule has 5 heteroatoms. The number of nitrogens with zero attached hydrogens (tertiary/aromatic N) is 1. The zero-order valence-corrected chi connectivity index (χ0v) is 13.4. The quantitative estimate of drug-likeness (QED) is 0.570. The molecule has 1 heterocycles. The Morgan fingerprint density at radius 3 is 3.09 bits per heavy atom. The minimum Gasteiger partial charge on any atom is -0.395 e. The molecule has 1 fully saturated rings. The molecule has 126 valence electrons. The Morgan fingerprint density at radius 1 is 1.43 bits per heavy atom. The summed E-state index contributed by atoms with van der Waals surface area (Å²) in [4.78, 5) is 14.0. The number of amides is 1. The first-order chi connectivity index (χ1) is 11.2. The Hall–Kier alpha value is -1.72. The van der Waals surface area contributed by atoms with Gasteiger partial charge in [0.1, 0.15) is 5.82 Å². The number of carbonyl (C=O) groups is 1. The Morgan fingerprint density at radius 2 is 2.30 bits per heavy atom. The van der Waals surface area contributed by atoms with Gasteiger partial charge in [-0.25, -0.2) is 4.39 Å². The van der Waals surface area contributed by atoms with Crippen LogP contribution in [0.4, 0.5) is 4.39 Å². The molecule has 2 N–H and O–H groups in total. The molecule has 0 aliphatic carbocycles. The first-order valence-corrected chi connectivity index (χ1v) is 8.25. The number of benzene rings is 1. The molecular formula is C18H25FN2O2. The van der Waals surface area contributed by atoms with Crippen LogP contribution in [0, 0.1) is 5.82 Å². The highest BCUT2D eigenvalue weighted by Gasteiger charge is 2.22. The Balaban J connectivity index is 1.60. The van der Waals surface area contributed by atoms with Gasteiger partial charge in [-0.15, -0.1) is 0 Å². The van der Waals surface area contributed by atoms with Gasteiger partial charge in [-0.3, -0.25) is 9.69 Å². The van der Waals surface area contributed by atoms with Gasteiger partial charge in [0.15, 0.2) is 0 Å². The van der Waals surface area contributed by atoms with Crippen LogP contribution in [-0.4, -0.2) is 48.2 Å². The first kappa shape index (κ1) is 17.6. The van der Waals surface area contributed by atoms with E-state index in [2.05, 4.69) is 10.2 Å². The van der Waals surface area contributed by atoms with Crippen LogP contribution in [-0.2, 0) is 4.79 Å². The normalized spacial score (nSPS) is 18.6. The molecule has 1 aromatic carbocycles. The summed E-state index contributed by atoms with van der Waals surface area (Å²) >= 11 is 0. The molecule has 23 heavy (non-hydrogen) atoms. The third-order valence-corrected chi connectivity index (χ3v) is 4.16. The van der Waals surface area contributed by atoms with Gasteiger partial charge in [-0.05, 0) is 62.5 Å².